The van der Waals surface area contributed by atoms with Gasteiger partial charge in [-0.05, 0) is 5.92 Å². The third-order valence-corrected chi connectivity index (χ3v) is 1.66. The molecule has 0 aliphatic heterocycles. The van der Waals surface area contributed by atoms with E-state index in [2.05, 4.69) is 31.2 Å². The summed E-state index contributed by atoms with van der Waals surface area (Å²) in [5.74, 6) is 3.56. The molecule has 2 aromatic heterocycles. The number of fused-ring (bicyclic) bond motifs is 1. The monoisotopic (exact) mass is 173 g/mol. The van der Waals surface area contributed by atoms with Gasteiger partial charge in [0.15, 0.2) is 17.3 Å². The molecule has 0 atom stereocenters. The van der Waals surface area contributed by atoms with Crippen LogP contribution in [-0.4, -0.2) is 27.0 Å². The molecule has 0 aliphatic rings. The predicted molar refractivity (Wildman–Crippen MR) is 49.2 cm³/mol. The highest BCUT2D eigenvalue weighted by molar-refractivity contribution is 5.82. The minimum atomic E-state index is 0.465. The molecule has 0 aliphatic carbocycles. The van der Waals surface area contributed by atoms with E-state index in [-0.39, 0.29) is 0 Å². The maximum atomic E-state index is 5.19. The van der Waals surface area contributed by atoms with Crippen LogP contribution in [0.5, 0.6) is 0 Å². The Bertz CT molecular complexity index is 479. The van der Waals surface area contributed by atoms with Crippen molar-refractivity contribution in [2.24, 2.45) is 0 Å². The van der Waals surface area contributed by atoms with Gasteiger partial charge in [-0.3, -0.25) is 0 Å². The van der Waals surface area contributed by atoms with Gasteiger partial charge in [-0.15, -0.1) is 6.42 Å². The molecule has 0 unspecified atom stereocenters. The van der Waals surface area contributed by atoms with Gasteiger partial charge in [-0.2, -0.15) is 0 Å². The molecule has 5 nitrogen and oxygen atoms in total. The van der Waals surface area contributed by atoms with Crippen molar-refractivity contribution in [2.75, 3.05) is 12.4 Å². The minimum Gasteiger partial charge on any atom is -0.371 e. The Kier molecular flexibility index (Phi) is 1.60. The maximum Gasteiger partial charge on any atom is 0.185 e. The molecule has 0 bridgehead atoms. The lowest BCUT2D eigenvalue weighted by Gasteiger charge is -1.96. The lowest BCUT2D eigenvalue weighted by molar-refractivity contribution is 1.19. The van der Waals surface area contributed by atoms with Gasteiger partial charge in [0.2, 0.25) is 0 Å². The Morgan fingerprint density at radius 2 is 2.38 bits per heavy atom. The lowest BCUT2D eigenvalue weighted by atomic mass is 10.5. The van der Waals surface area contributed by atoms with Crippen LogP contribution in [0.2, 0.25) is 0 Å². The number of hydrogen-bond acceptors (Lipinski definition) is 4. The van der Waals surface area contributed by atoms with Crippen LogP contribution in [0, 0.1) is 12.3 Å². The molecule has 64 valence electrons. The first-order chi connectivity index (χ1) is 6.35. The molecular formula is C8H7N5. The van der Waals surface area contributed by atoms with Crippen molar-refractivity contribution in [3.05, 3.63) is 12.2 Å². The number of rotatable bonds is 1. The smallest absolute Gasteiger partial charge is 0.185 e. The Hall–Kier alpha value is -2.09. The standard InChI is InChI=1S/C8H7N5/c1-3-5-12-6-7(9-2)10-4-11-8(6)13-5/h1,4H,2H3,(H2,9,10,11,12,13). The van der Waals surface area contributed by atoms with Crippen molar-refractivity contribution in [3.8, 4) is 12.3 Å². The normalized spacial score (nSPS) is 9.85. The lowest BCUT2D eigenvalue weighted by Crippen LogP contribution is -1.93. The van der Waals surface area contributed by atoms with Crippen molar-refractivity contribution in [3.63, 3.8) is 0 Å². The van der Waals surface area contributed by atoms with Crippen LogP contribution in [0.3, 0.4) is 0 Å². The Labute approximate surface area is 74.6 Å². The Balaban J connectivity index is 2.76. The molecule has 0 radical (unpaired) electrons. The summed E-state index contributed by atoms with van der Waals surface area (Å²) in [6.07, 6.45) is 6.63. The SMILES string of the molecule is C#Cc1nc2ncnc(NC)c2[nH]1. The molecule has 0 saturated heterocycles. The van der Waals surface area contributed by atoms with Crippen LogP contribution >= 0.6 is 0 Å². The quantitative estimate of drug-likeness (QED) is 0.611. The zero-order chi connectivity index (χ0) is 9.26. The summed E-state index contributed by atoms with van der Waals surface area (Å²) < 4.78 is 0. The van der Waals surface area contributed by atoms with Crippen molar-refractivity contribution in [1.82, 2.24) is 19.9 Å². The zero-order valence-electron chi connectivity index (χ0n) is 7.00. The summed E-state index contributed by atoms with van der Waals surface area (Å²) in [6, 6.07) is 0. The average Bonchev–Trinajstić information content (AvgIpc) is 2.59. The van der Waals surface area contributed by atoms with Crippen molar-refractivity contribution in [2.45, 2.75) is 0 Å². The highest BCUT2D eigenvalue weighted by Gasteiger charge is 2.05. The van der Waals surface area contributed by atoms with Gasteiger partial charge in [0, 0.05) is 7.05 Å². The Morgan fingerprint density at radius 3 is 3.08 bits per heavy atom. The van der Waals surface area contributed by atoms with Gasteiger partial charge >= 0.3 is 0 Å². The fourth-order valence-corrected chi connectivity index (χ4v) is 1.09. The van der Waals surface area contributed by atoms with E-state index in [9.17, 15) is 0 Å². The van der Waals surface area contributed by atoms with E-state index in [1.807, 2.05) is 0 Å². The molecule has 2 rings (SSSR count). The second kappa shape index (κ2) is 2.75. The first kappa shape index (κ1) is 7.55. The van der Waals surface area contributed by atoms with Gasteiger partial charge in [0.1, 0.15) is 11.8 Å². The first-order valence-corrected chi connectivity index (χ1v) is 3.70. The molecular weight excluding hydrogens is 166 g/mol. The van der Waals surface area contributed by atoms with Gasteiger partial charge in [0.25, 0.3) is 0 Å². The fourth-order valence-electron chi connectivity index (χ4n) is 1.09. The largest absolute Gasteiger partial charge is 0.371 e. The van der Waals surface area contributed by atoms with E-state index >= 15 is 0 Å². The molecule has 2 heterocycles. The van der Waals surface area contributed by atoms with E-state index in [0.29, 0.717) is 17.3 Å². The topological polar surface area (TPSA) is 66.5 Å². The number of anilines is 1. The molecule has 0 aromatic carbocycles. The summed E-state index contributed by atoms with van der Waals surface area (Å²) >= 11 is 0. The molecule has 2 aromatic rings. The number of nitrogens with zero attached hydrogens (tertiary/aromatic N) is 3. The fraction of sp³-hybridized carbons (Fsp3) is 0.125. The van der Waals surface area contributed by atoms with E-state index in [1.165, 1.54) is 6.33 Å². The predicted octanol–water partition coefficient (Wildman–Crippen LogP) is 0.376. The second-order valence-electron chi connectivity index (χ2n) is 2.40. The first-order valence-electron chi connectivity index (χ1n) is 3.70. The van der Waals surface area contributed by atoms with Crippen LogP contribution in [0.25, 0.3) is 11.2 Å². The van der Waals surface area contributed by atoms with Gasteiger partial charge in [-0.1, -0.05) is 0 Å². The molecule has 0 saturated carbocycles. The van der Waals surface area contributed by atoms with Crippen molar-refractivity contribution < 1.29 is 0 Å². The summed E-state index contributed by atoms with van der Waals surface area (Å²) in [6.45, 7) is 0. The molecule has 0 amide bonds. The summed E-state index contributed by atoms with van der Waals surface area (Å²) in [7, 11) is 1.78. The van der Waals surface area contributed by atoms with Crippen LogP contribution < -0.4 is 5.32 Å². The average molecular weight is 173 g/mol. The number of aromatic nitrogens is 4. The van der Waals surface area contributed by atoms with Crippen LogP contribution in [0.4, 0.5) is 5.82 Å². The number of imidazole rings is 1. The maximum absolute atomic E-state index is 5.19. The van der Waals surface area contributed by atoms with Crippen LogP contribution in [-0.2, 0) is 0 Å². The highest BCUT2D eigenvalue weighted by atomic mass is 15.1. The molecule has 0 fully saturated rings. The highest BCUT2D eigenvalue weighted by Crippen LogP contribution is 2.14. The minimum absolute atomic E-state index is 0.465. The van der Waals surface area contributed by atoms with Crippen LogP contribution in [0.15, 0.2) is 6.33 Å². The van der Waals surface area contributed by atoms with Gasteiger partial charge in [-0.25, -0.2) is 15.0 Å². The summed E-state index contributed by atoms with van der Waals surface area (Å²) in [5.41, 5.74) is 1.31. The van der Waals surface area contributed by atoms with Crippen molar-refractivity contribution >= 4 is 17.0 Å². The molecule has 2 N–H and O–H groups in total. The summed E-state index contributed by atoms with van der Waals surface area (Å²) in [5, 5.41) is 2.92. The van der Waals surface area contributed by atoms with Gasteiger partial charge in [0.05, 0.1) is 0 Å². The van der Waals surface area contributed by atoms with Gasteiger partial charge < -0.3 is 10.3 Å². The number of terminal acetylenes is 1. The number of H-pyrrole nitrogens is 1. The third-order valence-electron chi connectivity index (χ3n) is 1.66. The van der Waals surface area contributed by atoms with E-state index < -0.39 is 0 Å². The third kappa shape index (κ3) is 1.08. The number of nitrogens with one attached hydrogen (secondary N) is 2. The number of aromatic amines is 1. The molecule has 0 spiro atoms. The van der Waals surface area contributed by atoms with Crippen LogP contribution in [0.1, 0.15) is 5.82 Å². The molecule has 5 heteroatoms. The van der Waals surface area contributed by atoms with E-state index in [1.54, 1.807) is 7.05 Å². The van der Waals surface area contributed by atoms with Crippen molar-refractivity contribution in [1.29, 1.82) is 0 Å². The molecule has 13 heavy (non-hydrogen) atoms. The number of hydrogen-bond donors (Lipinski definition) is 2. The Morgan fingerprint density at radius 1 is 1.54 bits per heavy atom. The van der Waals surface area contributed by atoms with E-state index in [0.717, 1.165) is 5.52 Å². The van der Waals surface area contributed by atoms with E-state index in [4.69, 9.17) is 6.42 Å². The second-order valence-corrected chi connectivity index (χ2v) is 2.40. The summed E-state index contributed by atoms with van der Waals surface area (Å²) in [4.78, 5) is 15.0. The zero-order valence-corrected chi connectivity index (χ0v) is 7.00.